The average molecular weight is 485 g/mol. The maximum atomic E-state index is 6.12. The number of nitrogens with zero attached hydrogens (tertiary/aromatic N) is 1. The van der Waals surface area contributed by atoms with Crippen LogP contribution in [-0.2, 0) is 16.6 Å². The zero-order valence-corrected chi connectivity index (χ0v) is 18.4. The van der Waals surface area contributed by atoms with Gasteiger partial charge in [0.1, 0.15) is 0 Å². The number of nitrogens with two attached hydrogens (primary N) is 1. The first-order chi connectivity index (χ1) is 12.2. The molecule has 0 aliphatic carbocycles. The maximum Gasteiger partial charge on any atom is 0.188 e. The SMILES string of the molecule is Cc1ccccc1C1(CN=C(N)NCCc2cccs2)CCOCC1.I. The van der Waals surface area contributed by atoms with Crippen LogP contribution in [-0.4, -0.2) is 32.3 Å². The normalized spacial score (nSPS) is 16.7. The lowest BCUT2D eigenvalue weighted by molar-refractivity contribution is 0.0529. The van der Waals surface area contributed by atoms with Crippen LogP contribution in [0.25, 0.3) is 0 Å². The van der Waals surface area contributed by atoms with Crippen LogP contribution < -0.4 is 11.1 Å². The highest BCUT2D eigenvalue weighted by atomic mass is 127. The lowest BCUT2D eigenvalue weighted by Gasteiger charge is -2.37. The molecule has 0 saturated carbocycles. The van der Waals surface area contributed by atoms with E-state index in [1.54, 1.807) is 11.3 Å². The van der Waals surface area contributed by atoms with Gasteiger partial charge in [0.2, 0.25) is 0 Å². The molecule has 1 saturated heterocycles. The molecular formula is C20H28IN3OS. The van der Waals surface area contributed by atoms with Gasteiger partial charge in [0, 0.05) is 30.1 Å². The molecule has 26 heavy (non-hydrogen) atoms. The molecule has 2 heterocycles. The lowest BCUT2D eigenvalue weighted by Crippen LogP contribution is -2.40. The minimum atomic E-state index is 0. The second kappa shape index (κ2) is 10.3. The number of nitrogens with one attached hydrogen (secondary N) is 1. The zero-order chi connectivity index (χ0) is 17.5. The fourth-order valence-electron chi connectivity index (χ4n) is 3.50. The number of hydrogen-bond donors (Lipinski definition) is 2. The molecule has 0 unspecified atom stereocenters. The van der Waals surface area contributed by atoms with Crippen LogP contribution in [0, 0.1) is 6.92 Å². The Balaban J connectivity index is 0.00000243. The largest absolute Gasteiger partial charge is 0.381 e. The third kappa shape index (κ3) is 5.44. The number of thiophene rings is 1. The highest BCUT2D eigenvalue weighted by Gasteiger charge is 2.35. The number of aryl methyl sites for hydroxylation is 1. The Labute approximate surface area is 177 Å². The van der Waals surface area contributed by atoms with Crippen molar-refractivity contribution in [3.63, 3.8) is 0 Å². The van der Waals surface area contributed by atoms with Crippen molar-refractivity contribution in [2.45, 2.75) is 31.6 Å². The molecule has 0 bridgehead atoms. The van der Waals surface area contributed by atoms with Crippen molar-refractivity contribution in [2.24, 2.45) is 10.7 Å². The molecule has 1 aliphatic heterocycles. The molecule has 2 aromatic rings. The first-order valence-corrected chi connectivity index (χ1v) is 9.78. The van der Waals surface area contributed by atoms with E-state index < -0.39 is 0 Å². The quantitative estimate of drug-likeness (QED) is 0.371. The number of ether oxygens (including phenoxy) is 1. The summed E-state index contributed by atoms with van der Waals surface area (Å²) in [5.41, 5.74) is 8.85. The van der Waals surface area contributed by atoms with Crippen molar-refractivity contribution in [3.05, 3.63) is 57.8 Å². The predicted molar refractivity (Wildman–Crippen MR) is 121 cm³/mol. The van der Waals surface area contributed by atoms with Crippen molar-refractivity contribution < 1.29 is 4.74 Å². The van der Waals surface area contributed by atoms with E-state index in [2.05, 4.69) is 59.0 Å². The molecule has 1 aliphatic rings. The number of benzene rings is 1. The summed E-state index contributed by atoms with van der Waals surface area (Å²) in [5, 5.41) is 5.35. The van der Waals surface area contributed by atoms with Gasteiger partial charge in [0.25, 0.3) is 0 Å². The Kier molecular flexibility index (Phi) is 8.37. The monoisotopic (exact) mass is 485 g/mol. The summed E-state index contributed by atoms with van der Waals surface area (Å²) >= 11 is 1.77. The van der Waals surface area contributed by atoms with Crippen molar-refractivity contribution in [1.82, 2.24) is 5.32 Å². The highest BCUT2D eigenvalue weighted by molar-refractivity contribution is 14.0. The summed E-state index contributed by atoms with van der Waals surface area (Å²) in [5.74, 6) is 0.538. The number of guanidine groups is 1. The molecule has 0 atom stereocenters. The third-order valence-electron chi connectivity index (χ3n) is 4.98. The second-order valence-corrected chi connectivity index (χ2v) is 7.70. The Morgan fingerprint density at radius 2 is 2.00 bits per heavy atom. The smallest absolute Gasteiger partial charge is 0.188 e. The molecule has 0 amide bonds. The van der Waals surface area contributed by atoms with Crippen LogP contribution in [0.4, 0.5) is 0 Å². The van der Waals surface area contributed by atoms with E-state index in [1.807, 2.05) is 0 Å². The highest BCUT2D eigenvalue weighted by Crippen LogP contribution is 2.36. The first kappa shape index (κ1) is 21.2. The molecule has 1 aromatic carbocycles. The van der Waals surface area contributed by atoms with Gasteiger partial charge in [0.15, 0.2) is 5.96 Å². The fourth-order valence-corrected chi connectivity index (χ4v) is 4.21. The summed E-state index contributed by atoms with van der Waals surface area (Å²) < 4.78 is 5.60. The topological polar surface area (TPSA) is 59.6 Å². The van der Waals surface area contributed by atoms with Gasteiger partial charge in [-0.15, -0.1) is 35.3 Å². The molecule has 142 valence electrons. The van der Waals surface area contributed by atoms with E-state index in [4.69, 9.17) is 10.5 Å². The zero-order valence-electron chi connectivity index (χ0n) is 15.2. The average Bonchev–Trinajstić information content (AvgIpc) is 3.15. The molecule has 0 spiro atoms. The number of aliphatic imine (C=N–C) groups is 1. The molecule has 4 nitrogen and oxygen atoms in total. The van der Waals surface area contributed by atoms with Crippen molar-refractivity contribution in [3.8, 4) is 0 Å². The van der Waals surface area contributed by atoms with Crippen LogP contribution in [0.2, 0.25) is 0 Å². The summed E-state index contributed by atoms with van der Waals surface area (Å²) in [6, 6.07) is 12.8. The van der Waals surface area contributed by atoms with Crippen molar-refractivity contribution >= 4 is 41.3 Å². The van der Waals surface area contributed by atoms with Crippen LogP contribution in [0.5, 0.6) is 0 Å². The van der Waals surface area contributed by atoms with Crippen molar-refractivity contribution in [1.29, 1.82) is 0 Å². The van der Waals surface area contributed by atoms with Gasteiger partial charge in [0.05, 0.1) is 6.54 Å². The van der Waals surface area contributed by atoms with Gasteiger partial charge in [-0.1, -0.05) is 30.3 Å². The summed E-state index contributed by atoms with van der Waals surface area (Å²) in [7, 11) is 0. The third-order valence-corrected chi connectivity index (χ3v) is 5.91. The van der Waals surface area contributed by atoms with Gasteiger partial charge in [-0.25, -0.2) is 0 Å². The summed E-state index contributed by atoms with van der Waals surface area (Å²) in [4.78, 5) is 6.05. The molecule has 6 heteroatoms. The van der Waals surface area contributed by atoms with E-state index in [9.17, 15) is 0 Å². The van der Waals surface area contributed by atoms with Gasteiger partial charge < -0.3 is 15.8 Å². The maximum absolute atomic E-state index is 6.12. The number of halogens is 1. The molecule has 1 aromatic heterocycles. The van der Waals surface area contributed by atoms with E-state index in [1.165, 1.54) is 16.0 Å². The van der Waals surface area contributed by atoms with E-state index >= 15 is 0 Å². The summed E-state index contributed by atoms with van der Waals surface area (Å²) in [6.45, 7) is 5.28. The summed E-state index contributed by atoms with van der Waals surface area (Å²) in [6.07, 6.45) is 2.96. The predicted octanol–water partition coefficient (Wildman–Crippen LogP) is 3.87. The lowest BCUT2D eigenvalue weighted by atomic mass is 9.72. The van der Waals surface area contributed by atoms with Crippen LogP contribution in [0.3, 0.4) is 0 Å². The van der Waals surface area contributed by atoms with Gasteiger partial charge in [-0.2, -0.15) is 0 Å². The molecule has 3 N–H and O–H groups in total. The van der Waals surface area contributed by atoms with E-state index in [-0.39, 0.29) is 29.4 Å². The van der Waals surface area contributed by atoms with E-state index in [0.29, 0.717) is 12.5 Å². The Bertz CT molecular complexity index is 697. The van der Waals surface area contributed by atoms with Crippen LogP contribution >= 0.6 is 35.3 Å². The standard InChI is InChI=1S/C20H27N3OS.HI/c1-16-5-2-3-7-18(16)20(9-12-24-13-10-20)15-23-19(21)22-11-8-17-6-4-14-25-17;/h2-7,14H,8-13,15H2,1H3,(H3,21,22,23);1H. The first-order valence-electron chi connectivity index (χ1n) is 8.90. The minimum Gasteiger partial charge on any atom is -0.381 e. The Hall–Kier alpha value is -1.12. The number of rotatable bonds is 6. The van der Waals surface area contributed by atoms with Gasteiger partial charge in [-0.05, 0) is 48.8 Å². The van der Waals surface area contributed by atoms with Gasteiger partial charge >= 0.3 is 0 Å². The molecular weight excluding hydrogens is 457 g/mol. The second-order valence-electron chi connectivity index (χ2n) is 6.67. The van der Waals surface area contributed by atoms with Crippen LogP contribution in [0.15, 0.2) is 46.8 Å². The number of hydrogen-bond acceptors (Lipinski definition) is 3. The Morgan fingerprint density at radius 3 is 2.69 bits per heavy atom. The molecule has 0 radical (unpaired) electrons. The Morgan fingerprint density at radius 1 is 1.23 bits per heavy atom. The molecule has 1 fully saturated rings. The van der Waals surface area contributed by atoms with Crippen molar-refractivity contribution in [2.75, 3.05) is 26.3 Å². The van der Waals surface area contributed by atoms with Crippen LogP contribution in [0.1, 0.15) is 28.8 Å². The minimum absolute atomic E-state index is 0. The molecule has 3 rings (SSSR count). The fraction of sp³-hybridized carbons (Fsp3) is 0.450. The van der Waals surface area contributed by atoms with E-state index in [0.717, 1.165) is 39.0 Å². The van der Waals surface area contributed by atoms with Gasteiger partial charge in [-0.3, -0.25) is 4.99 Å².